The minimum atomic E-state index is -0.155. The molecule has 0 radical (unpaired) electrons. The molecule has 0 aromatic heterocycles. The van der Waals surface area contributed by atoms with Crippen LogP contribution in [0.5, 0.6) is 0 Å². The van der Waals surface area contributed by atoms with Gasteiger partial charge in [0.1, 0.15) is 6.61 Å². The summed E-state index contributed by atoms with van der Waals surface area (Å²) in [4.78, 5) is 11.3. The molecule has 0 amide bonds. The minimum absolute atomic E-state index is 0.0723. The lowest BCUT2D eigenvalue weighted by molar-refractivity contribution is -0.148. The highest BCUT2D eigenvalue weighted by atomic mass is 16.5. The summed E-state index contributed by atoms with van der Waals surface area (Å²) >= 11 is 0. The molecule has 3 heteroatoms. The summed E-state index contributed by atoms with van der Waals surface area (Å²) in [6, 6.07) is 6.00. The summed E-state index contributed by atoms with van der Waals surface area (Å²) in [6.45, 7) is 6.03. The summed E-state index contributed by atoms with van der Waals surface area (Å²) in [5.41, 5.74) is 3.24. The standard InChI is InChI=1S/C13H19NO2/c1-9(2)13(15)16-8-11-5-6-12(14-4)7-10(11)3/h5-7,9,14H,8H2,1-4H3. The van der Waals surface area contributed by atoms with Crippen LogP contribution in [0.15, 0.2) is 18.2 Å². The number of aryl methyl sites for hydroxylation is 1. The Morgan fingerprint density at radius 1 is 1.44 bits per heavy atom. The van der Waals surface area contributed by atoms with Crippen LogP contribution in [0, 0.1) is 12.8 Å². The summed E-state index contributed by atoms with van der Waals surface area (Å²) in [5.74, 6) is -0.228. The SMILES string of the molecule is CNc1ccc(COC(=O)C(C)C)c(C)c1. The second-order valence-electron chi connectivity index (χ2n) is 4.15. The number of esters is 1. The van der Waals surface area contributed by atoms with Gasteiger partial charge >= 0.3 is 5.97 Å². The number of carbonyl (C=O) groups excluding carboxylic acids is 1. The van der Waals surface area contributed by atoms with E-state index in [2.05, 4.69) is 5.32 Å². The van der Waals surface area contributed by atoms with E-state index in [9.17, 15) is 4.79 Å². The lowest BCUT2D eigenvalue weighted by Gasteiger charge is -2.10. The number of hydrogen-bond donors (Lipinski definition) is 1. The number of carbonyl (C=O) groups is 1. The Hall–Kier alpha value is -1.51. The Balaban J connectivity index is 2.64. The van der Waals surface area contributed by atoms with Crippen LogP contribution >= 0.6 is 0 Å². The van der Waals surface area contributed by atoms with Crippen LogP contribution in [-0.2, 0) is 16.1 Å². The van der Waals surface area contributed by atoms with Gasteiger partial charge in [-0.1, -0.05) is 19.9 Å². The maximum atomic E-state index is 11.3. The van der Waals surface area contributed by atoms with Gasteiger partial charge in [0.2, 0.25) is 0 Å². The molecule has 0 heterocycles. The summed E-state index contributed by atoms with van der Waals surface area (Å²) in [6.07, 6.45) is 0. The molecule has 1 N–H and O–H groups in total. The number of ether oxygens (including phenoxy) is 1. The molecular formula is C13H19NO2. The fraction of sp³-hybridized carbons (Fsp3) is 0.462. The zero-order valence-electron chi connectivity index (χ0n) is 10.3. The molecule has 3 nitrogen and oxygen atoms in total. The highest BCUT2D eigenvalue weighted by molar-refractivity contribution is 5.71. The first-order valence-corrected chi connectivity index (χ1v) is 5.48. The fourth-order valence-corrected chi connectivity index (χ4v) is 1.33. The van der Waals surface area contributed by atoms with Crippen molar-refractivity contribution >= 4 is 11.7 Å². The number of nitrogens with one attached hydrogen (secondary N) is 1. The maximum absolute atomic E-state index is 11.3. The first-order valence-electron chi connectivity index (χ1n) is 5.48. The molecule has 0 aliphatic heterocycles. The van der Waals surface area contributed by atoms with Crippen LogP contribution in [0.3, 0.4) is 0 Å². The molecule has 1 aromatic rings. The van der Waals surface area contributed by atoms with Crippen molar-refractivity contribution in [1.29, 1.82) is 0 Å². The van der Waals surface area contributed by atoms with Crippen molar-refractivity contribution in [2.75, 3.05) is 12.4 Å². The molecule has 1 rings (SSSR count). The van der Waals surface area contributed by atoms with Crippen molar-refractivity contribution in [2.45, 2.75) is 27.4 Å². The van der Waals surface area contributed by atoms with Crippen LogP contribution in [0.4, 0.5) is 5.69 Å². The van der Waals surface area contributed by atoms with Crippen molar-refractivity contribution < 1.29 is 9.53 Å². The molecule has 0 saturated carbocycles. The molecule has 0 bridgehead atoms. The molecule has 0 atom stereocenters. The Labute approximate surface area is 96.8 Å². The summed E-state index contributed by atoms with van der Waals surface area (Å²) < 4.78 is 5.18. The van der Waals surface area contributed by atoms with Gasteiger partial charge in [0.25, 0.3) is 0 Å². The third kappa shape index (κ3) is 3.26. The van der Waals surface area contributed by atoms with Crippen LogP contribution in [0.25, 0.3) is 0 Å². The lowest BCUT2D eigenvalue weighted by atomic mass is 10.1. The van der Waals surface area contributed by atoms with E-state index in [1.54, 1.807) is 0 Å². The van der Waals surface area contributed by atoms with Crippen LogP contribution in [0.1, 0.15) is 25.0 Å². The largest absolute Gasteiger partial charge is 0.461 e. The zero-order chi connectivity index (χ0) is 12.1. The Morgan fingerprint density at radius 3 is 2.62 bits per heavy atom. The van der Waals surface area contributed by atoms with Gasteiger partial charge in [0, 0.05) is 12.7 Å². The maximum Gasteiger partial charge on any atom is 0.308 e. The van der Waals surface area contributed by atoms with Gasteiger partial charge in [-0.05, 0) is 30.2 Å². The Morgan fingerprint density at radius 2 is 2.12 bits per heavy atom. The van der Waals surface area contributed by atoms with Crippen molar-refractivity contribution in [3.05, 3.63) is 29.3 Å². The van der Waals surface area contributed by atoms with Gasteiger partial charge in [-0.15, -0.1) is 0 Å². The van der Waals surface area contributed by atoms with Gasteiger partial charge in [0.15, 0.2) is 0 Å². The minimum Gasteiger partial charge on any atom is -0.461 e. The van der Waals surface area contributed by atoms with E-state index in [1.165, 1.54) is 0 Å². The van der Waals surface area contributed by atoms with E-state index in [-0.39, 0.29) is 11.9 Å². The predicted molar refractivity (Wildman–Crippen MR) is 65.4 cm³/mol. The molecule has 0 aliphatic rings. The second-order valence-corrected chi connectivity index (χ2v) is 4.15. The van der Waals surface area contributed by atoms with Crippen molar-refractivity contribution in [1.82, 2.24) is 0 Å². The first-order chi connectivity index (χ1) is 7.54. The summed E-state index contributed by atoms with van der Waals surface area (Å²) in [7, 11) is 1.88. The highest BCUT2D eigenvalue weighted by Crippen LogP contribution is 2.16. The molecule has 0 fully saturated rings. The third-order valence-electron chi connectivity index (χ3n) is 2.47. The van der Waals surface area contributed by atoms with Crippen molar-refractivity contribution in [3.8, 4) is 0 Å². The second kappa shape index (κ2) is 5.54. The van der Waals surface area contributed by atoms with Gasteiger partial charge < -0.3 is 10.1 Å². The van der Waals surface area contributed by atoms with E-state index in [1.807, 2.05) is 46.0 Å². The van der Waals surface area contributed by atoms with E-state index < -0.39 is 0 Å². The van der Waals surface area contributed by atoms with E-state index in [4.69, 9.17) is 4.74 Å². The lowest BCUT2D eigenvalue weighted by Crippen LogP contribution is -2.11. The quantitative estimate of drug-likeness (QED) is 0.794. The zero-order valence-corrected chi connectivity index (χ0v) is 10.3. The topological polar surface area (TPSA) is 38.3 Å². The smallest absolute Gasteiger partial charge is 0.308 e. The van der Waals surface area contributed by atoms with Crippen LogP contribution in [-0.4, -0.2) is 13.0 Å². The van der Waals surface area contributed by atoms with E-state index in [0.29, 0.717) is 6.61 Å². The summed E-state index contributed by atoms with van der Waals surface area (Å²) in [5, 5.41) is 3.07. The number of benzene rings is 1. The number of hydrogen-bond acceptors (Lipinski definition) is 3. The Bertz CT molecular complexity index is 372. The van der Waals surface area contributed by atoms with Crippen molar-refractivity contribution in [3.63, 3.8) is 0 Å². The van der Waals surface area contributed by atoms with E-state index >= 15 is 0 Å². The predicted octanol–water partition coefficient (Wildman–Crippen LogP) is 2.74. The highest BCUT2D eigenvalue weighted by Gasteiger charge is 2.09. The normalized spacial score (nSPS) is 10.3. The number of rotatable bonds is 4. The van der Waals surface area contributed by atoms with Crippen molar-refractivity contribution in [2.24, 2.45) is 5.92 Å². The molecule has 0 aliphatic carbocycles. The monoisotopic (exact) mass is 221 g/mol. The average molecular weight is 221 g/mol. The molecule has 0 unspecified atom stereocenters. The molecule has 0 saturated heterocycles. The molecular weight excluding hydrogens is 202 g/mol. The van der Waals surface area contributed by atoms with Crippen LogP contribution < -0.4 is 5.32 Å². The molecule has 0 spiro atoms. The molecule has 1 aromatic carbocycles. The third-order valence-corrected chi connectivity index (χ3v) is 2.47. The van der Waals surface area contributed by atoms with Gasteiger partial charge in [-0.25, -0.2) is 0 Å². The average Bonchev–Trinajstić information content (AvgIpc) is 2.26. The molecule has 88 valence electrons. The van der Waals surface area contributed by atoms with Crippen LogP contribution in [0.2, 0.25) is 0 Å². The van der Waals surface area contributed by atoms with Gasteiger partial charge in [-0.2, -0.15) is 0 Å². The van der Waals surface area contributed by atoms with Gasteiger partial charge in [-0.3, -0.25) is 4.79 Å². The fourth-order valence-electron chi connectivity index (χ4n) is 1.33. The molecule has 16 heavy (non-hydrogen) atoms. The first kappa shape index (κ1) is 12.6. The Kier molecular flexibility index (Phi) is 4.35. The number of anilines is 1. The van der Waals surface area contributed by atoms with E-state index in [0.717, 1.165) is 16.8 Å². The van der Waals surface area contributed by atoms with Gasteiger partial charge in [0.05, 0.1) is 5.92 Å².